The highest BCUT2D eigenvalue weighted by atomic mass is 35.5. The molecule has 1 aromatic heterocycles. The zero-order valence-corrected chi connectivity index (χ0v) is 6.74. The van der Waals surface area contributed by atoms with E-state index in [1.807, 2.05) is 0 Å². The number of halogens is 2. The zero-order valence-electron chi connectivity index (χ0n) is 5.23. The molecule has 0 bridgehead atoms. The van der Waals surface area contributed by atoms with Gasteiger partial charge >= 0.3 is 0 Å². The molecule has 0 fully saturated rings. The molecular weight excluding hydrogens is 175 g/mol. The Labute approximate surface area is 68.0 Å². The molecule has 1 aromatic rings. The molecule has 56 valence electrons. The Morgan fingerprint density at radius 1 is 1.60 bits per heavy atom. The molecule has 0 aromatic carbocycles. The maximum Gasteiger partial charge on any atom is 0.201 e. The molecule has 1 rings (SSSR count). The van der Waals surface area contributed by atoms with Crippen molar-refractivity contribution in [3.05, 3.63) is 16.1 Å². The predicted molar refractivity (Wildman–Crippen MR) is 39.2 cm³/mol. The first-order valence-electron chi connectivity index (χ1n) is 2.70. The fourth-order valence-electron chi connectivity index (χ4n) is 0.614. The lowest BCUT2D eigenvalue weighted by Gasteiger charge is -1.97. The van der Waals surface area contributed by atoms with Crippen LogP contribution in [0, 0.1) is 0 Å². The third-order valence-corrected chi connectivity index (χ3v) is 1.54. The number of aromatic amines is 1. The van der Waals surface area contributed by atoms with Crippen LogP contribution in [0.1, 0.15) is 18.7 Å². The second-order valence-corrected chi connectivity index (χ2v) is 2.62. The Bertz CT molecular complexity index is 234. The van der Waals surface area contributed by atoms with Crippen LogP contribution >= 0.6 is 23.2 Å². The van der Waals surface area contributed by atoms with Crippen LogP contribution in [0.4, 0.5) is 0 Å². The number of nitrogens with one attached hydrogen (secondary N) is 1. The van der Waals surface area contributed by atoms with E-state index in [4.69, 9.17) is 28.3 Å². The van der Waals surface area contributed by atoms with Crippen molar-refractivity contribution in [1.82, 2.24) is 9.97 Å². The normalized spacial score (nSPS) is 13.6. The minimum absolute atomic E-state index is 0.195. The van der Waals surface area contributed by atoms with E-state index in [1.165, 1.54) is 0 Å². The van der Waals surface area contributed by atoms with Crippen LogP contribution in [0.2, 0.25) is 10.4 Å². The SMILES string of the molecule is CC(O)c1[nH]c(Cl)nc1Cl. The van der Waals surface area contributed by atoms with Crippen molar-refractivity contribution in [3.63, 3.8) is 0 Å². The van der Waals surface area contributed by atoms with Crippen molar-refractivity contribution < 1.29 is 5.11 Å². The van der Waals surface area contributed by atoms with E-state index >= 15 is 0 Å². The van der Waals surface area contributed by atoms with E-state index in [9.17, 15) is 0 Å². The van der Waals surface area contributed by atoms with E-state index in [0.29, 0.717) is 5.69 Å². The second-order valence-electron chi connectivity index (χ2n) is 1.91. The second kappa shape index (κ2) is 2.78. The Balaban J connectivity index is 3.03. The number of aliphatic hydroxyl groups is 1. The molecule has 0 aliphatic carbocycles. The molecule has 3 nitrogen and oxygen atoms in total. The van der Waals surface area contributed by atoms with E-state index < -0.39 is 6.10 Å². The molecule has 1 atom stereocenters. The summed E-state index contributed by atoms with van der Waals surface area (Å²) in [6.07, 6.45) is -0.660. The molecule has 2 N–H and O–H groups in total. The summed E-state index contributed by atoms with van der Waals surface area (Å²) in [5.41, 5.74) is 0.451. The van der Waals surface area contributed by atoms with Crippen LogP contribution in [-0.2, 0) is 0 Å². The summed E-state index contributed by atoms with van der Waals surface area (Å²) >= 11 is 11.0. The van der Waals surface area contributed by atoms with Crippen molar-refractivity contribution >= 4 is 23.2 Å². The van der Waals surface area contributed by atoms with Gasteiger partial charge in [0.15, 0.2) is 5.15 Å². The number of hydrogen-bond donors (Lipinski definition) is 2. The molecule has 0 aliphatic heterocycles. The number of aromatic nitrogens is 2. The van der Waals surface area contributed by atoms with Crippen molar-refractivity contribution in [1.29, 1.82) is 0 Å². The van der Waals surface area contributed by atoms with Crippen molar-refractivity contribution in [3.8, 4) is 0 Å². The average Bonchev–Trinajstić information content (AvgIpc) is 2.10. The van der Waals surface area contributed by atoms with E-state index in [1.54, 1.807) is 6.92 Å². The largest absolute Gasteiger partial charge is 0.387 e. The van der Waals surface area contributed by atoms with Crippen LogP contribution in [0.25, 0.3) is 0 Å². The first kappa shape index (κ1) is 7.85. The minimum Gasteiger partial charge on any atom is -0.387 e. The third-order valence-electron chi connectivity index (χ3n) is 1.07. The van der Waals surface area contributed by atoms with Gasteiger partial charge in [-0.3, -0.25) is 0 Å². The van der Waals surface area contributed by atoms with Gasteiger partial charge in [0.05, 0.1) is 11.8 Å². The Hall–Kier alpha value is -0.250. The maximum atomic E-state index is 9.00. The van der Waals surface area contributed by atoms with Gasteiger partial charge in [0.25, 0.3) is 0 Å². The summed E-state index contributed by atoms with van der Waals surface area (Å²) in [5.74, 6) is 0. The molecule has 0 saturated heterocycles. The summed E-state index contributed by atoms with van der Waals surface area (Å²) in [6, 6.07) is 0. The van der Waals surface area contributed by atoms with Crippen molar-refractivity contribution in [2.75, 3.05) is 0 Å². The molecular formula is C5H6Cl2N2O. The quantitative estimate of drug-likeness (QED) is 0.693. The molecule has 0 aliphatic rings. The third kappa shape index (κ3) is 1.42. The van der Waals surface area contributed by atoms with Gasteiger partial charge < -0.3 is 10.1 Å². The highest BCUT2D eigenvalue weighted by Gasteiger charge is 2.10. The smallest absolute Gasteiger partial charge is 0.201 e. The first-order chi connectivity index (χ1) is 4.61. The topological polar surface area (TPSA) is 48.9 Å². The highest BCUT2D eigenvalue weighted by Crippen LogP contribution is 2.21. The summed E-state index contributed by atoms with van der Waals surface area (Å²) in [6.45, 7) is 1.58. The highest BCUT2D eigenvalue weighted by molar-refractivity contribution is 6.32. The van der Waals surface area contributed by atoms with Gasteiger partial charge in [-0.1, -0.05) is 11.6 Å². The Kier molecular flexibility index (Phi) is 2.18. The van der Waals surface area contributed by atoms with E-state index in [0.717, 1.165) is 0 Å². The number of hydrogen-bond acceptors (Lipinski definition) is 2. The molecule has 10 heavy (non-hydrogen) atoms. The van der Waals surface area contributed by atoms with Gasteiger partial charge in [0.1, 0.15) is 0 Å². The molecule has 1 unspecified atom stereocenters. The summed E-state index contributed by atoms with van der Waals surface area (Å²) in [7, 11) is 0. The zero-order chi connectivity index (χ0) is 7.72. The van der Waals surface area contributed by atoms with Crippen molar-refractivity contribution in [2.45, 2.75) is 13.0 Å². The lowest BCUT2D eigenvalue weighted by molar-refractivity contribution is 0.195. The van der Waals surface area contributed by atoms with Crippen LogP contribution in [0.5, 0.6) is 0 Å². The summed E-state index contributed by atoms with van der Waals surface area (Å²) in [4.78, 5) is 6.26. The van der Waals surface area contributed by atoms with Crippen LogP contribution in [-0.4, -0.2) is 15.1 Å². The standard InChI is InChI=1S/C5H6Cl2N2O/c1-2(10)3-4(6)9-5(7)8-3/h2,10H,1H3,(H,8,9). The lowest BCUT2D eigenvalue weighted by Crippen LogP contribution is -1.90. The maximum absolute atomic E-state index is 9.00. The number of nitrogens with zero attached hydrogens (tertiary/aromatic N) is 1. The van der Waals surface area contributed by atoms with E-state index in [-0.39, 0.29) is 10.4 Å². The fourth-order valence-corrected chi connectivity index (χ4v) is 1.13. The summed E-state index contributed by atoms with van der Waals surface area (Å²) in [5, 5.41) is 9.42. The molecule has 0 radical (unpaired) electrons. The van der Waals surface area contributed by atoms with Gasteiger partial charge in [-0.2, -0.15) is 0 Å². The number of aliphatic hydroxyl groups excluding tert-OH is 1. The molecule has 0 saturated carbocycles. The Morgan fingerprint density at radius 2 is 2.20 bits per heavy atom. The monoisotopic (exact) mass is 180 g/mol. The van der Waals surface area contributed by atoms with Crippen LogP contribution < -0.4 is 0 Å². The van der Waals surface area contributed by atoms with Crippen molar-refractivity contribution in [2.24, 2.45) is 0 Å². The minimum atomic E-state index is -0.660. The Morgan fingerprint density at radius 3 is 2.40 bits per heavy atom. The van der Waals surface area contributed by atoms with Gasteiger partial charge in [-0.25, -0.2) is 4.98 Å². The van der Waals surface area contributed by atoms with Gasteiger partial charge in [-0.05, 0) is 18.5 Å². The van der Waals surface area contributed by atoms with Gasteiger partial charge in [0.2, 0.25) is 5.28 Å². The fraction of sp³-hybridized carbons (Fsp3) is 0.400. The number of rotatable bonds is 1. The molecule has 0 spiro atoms. The molecule has 5 heteroatoms. The molecule has 0 amide bonds. The number of imidazole rings is 1. The average molecular weight is 181 g/mol. The number of H-pyrrole nitrogens is 1. The van der Waals surface area contributed by atoms with Gasteiger partial charge in [-0.15, -0.1) is 0 Å². The summed E-state index contributed by atoms with van der Waals surface area (Å²) < 4.78 is 0. The molecule has 1 heterocycles. The lowest BCUT2D eigenvalue weighted by atomic mass is 10.3. The predicted octanol–water partition coefficient (Wildman–Crippen LogP) is 1.77. The first-order valence-corrected chi connectivity index (χ1v) is 3.46. The van der Waals surface area contributed by atoms with Crippen LogP contribution in [0.15, 0.2) is 0 Å². The van der Waals surface area contributed by atoms with Gasteiger partial charge in [0, 0.05) is 0 Å². The van der Waals surface area contributed by atoms with E-state index in [2.05, 4.69) is 9.97 Å². The van der Waals surface area contributed by atoms with Crippen LogP contribution in [0.3, 0.4) is 0 Å².